The zero-order valence-electron chi connectivity index (χ0n) is 16.9. The second-order valence-corrected chi connectivity index (χ2v) is 7.21. The van der Waals surface area contributed by atoms with E-state index in [0.717, 1.165) is 11.1 Å². The van der Waals surface area contributed by atoms with Gasteiger partial charge in [-0.3, -0.25) is 9.59 Å². The minimum Gasteiger partial charge on any atom is -0.344 e. The Morgan fingerprint density at radius 2 is 1.83 bits per heavy atom. The van der Waals surface area contributed by atoms with E-state index < -0.39 is 6.04 Å². The largest absolute Gasteiger partial charge is 0.344 e. The molecule has 30 heavy (non-hydrogen) atoms. The molecule has 4 rings (SSSR count). The third-order valence-corrected chi connectivity index (χ3v) is 4.86. The summed E-state index contributed by atoms with van der Waals surface area (Å²) in [5, 5.41) is 12.3. The van der Waals surface area contributed by atoms with Crippen LogP contribution in [0.3, 0.4) is 0 Å². The minimum atomic E-state index is -0.469. The number of carbonyl (C=O) groups is 1. The second kappa shape index (κ2) is 7.90. The molecule has 2 aromatic carbocycles. The van der Waals surface area contributed by atoms with E-state index >= 15 is 0 Å². The number of benzene rings is 2. The fraction of sp³-hybridized carbons (Fsp3) is 0.227. The Morgan fingerprint density at radius 3 is 2.57 bits per heavy atom. The molecule has 0 spiro atoms. The van der Waals surface area contributed by atoms with Gasteiger partial charge in [-0.25, -0.2) is 4.68 Å². The summed E-state index contributed by atoms with van der Waals surface area (Å²) in [7, 11) is 1.57. The molecular formula is C22H21N5O3. The molecule has 1 atom stereocenters. The van der Waals surface area contributed by atoms with E-state index in [1.54, 1.807) is 32.2 Å². The quantitative estimate of drug-likeness (QED) is 0.550. The zero-order chi connectivity index (χ0) is 21.3. The molecule has 2 aromatic heterocycles. The summed E-state index contributed by atoms with van der Waals surface area (Å²) in [5.41, 5.74) is 2.32. The van der Waals surface area contributed by atoms with Gasteiger partial charge in [0.25, 0.3) is 5.56 Å². The Labute approximate surface area is 172 Å². The van der Waals surface area contributed by atoms with E-state index in [9.17, 15) is 9.59 Å². The van der Waals surface area contributed by atoms with Crippen LogP contribution in [0.1, 0.15) is 30.1 Å². The summed E-state index contributed by atoms with van der Waals surface area (Å²) in [6, 6.07) is 14.4. The maximum atomic E-state index is 12.6. The van der Waals surface area contributed by atoms with E-state index in [4.69, 9.17) is 4.52 Å². The molecule has 0 aliphatic heterocycles. The van der Waals surface area contributed by atoms with Crippen LogP contribution in [0.25, 0.3) is 22.2 Å². The van der Waals surface area contributed by atoms with Crippen LogP contribution in [-0.2, 0) is 18.3 Å². The Kier molecular flexibility index (Phi) is 5.14. The molecule has 0 bridgehead atoms. The Bertz CT molecular complexity index is 1270. The molecule has 8 heteroatoms. The van der Waals surface area contributed by atoms with E-state index in [0.29, 0.717) is 28.2 Å². The molecular weight excluding hydrogens is 382 g/mol. The predicted octanol–water partition coefficient (Wildman–Crippen LogP) is 2.71. The maximum Gasteiger partial charge on any atom is 0.274 e. The number of nitrogens with one attached hydrogen (secondary N) is 1. The van der Waals surface area contributed by atoms with Crippen LogP contribution in [0.15, 0.2) is 57.8 Å². The molecule has 0 saturated heterocycles. The molecule has 0 unspecified atom stereocenters. The van der Waals surface area contributed by atoms with Crippen LogP contribution >= 0.6 is 0 Å². The lowest BCUT2D eigenvalue weighted by Crippen LogP contribution is -2.30. The number of hydrogen-bond acceptors (Lipinski definition) is 6. The first kappa shape index (κ1) is 19.5. The van der Waals surface area contributed by atoms with Gasteiger partial charge in [-0.2, -0.15) is 10.1 Å². The van der Waals surface area contributed by atoms with Crippen molar-refractivity contribution < 1.29 is 9.32 Å². The third kappa shape index (κ3) is 3.84. The van der Waals surface area contributed by atoms with E-state index in [1.807, 2.05) is 37.3 Å². The summed E-state index contributed by atoms with van der Waals surface area (Å²) in [6.45, 7) is 3.78. The number of carbonyl (C=O) groups excluding carboxylic acids is 1. The summed E-state index contributed by atoms with van der Waals surface area (Å²) in [5.74, 6) is 0.530. The molecule has 8 nitrogen and oxygen atoms in total. The normalized spacial score (nSPS) is 12.1. The van der Waals surface area contributed by atoms with Crippen molar-refractivity contribution in [2.24, 2.45) is 7.05 Å². The van der Waals surface area contributed by atoms with Crippen molar-refractivity contribution in [3.8, 4) is 11.4 Å². The van der Waals surface area contributed by atoms with Crippen molar-refractivity contribution in [2.45, 2.75) is 26.3 Å². The van der Waals surface area contributed by atoms with E-state index in [2.05, 4.69) is 20.6 Å². The van der Waals surface area contributed by atoms with Gasteiger partial charge in [-0.1, -0.05) is 53.2 Å². The zero-order valence-corrected chi connectivity index (χ0v) is 16.9. The second-order valence-electron chi connectivity index (χ2n) is 7.21. The Hall–Kier alpha value is -3.81. The highest BCUT2D eigenvalue weighted by atomic mass is 16.5. The van der Waals surface area contributed by atoms with Crippen molar-refractivity contribution in [3.63, 3.8) is 0 Å². The average Bonchev–Trinajstić information content (AvgIpc) is 3.23. The highest BCUT2D eigenvalue weighted by Crippen LogP contribution is 2.19. The summed E-state index contributed by atoms with van der Waals surface area (Å²) < 4.78 is 6.58. The van der Waals surface area contributed by atoms with Gasteiger partial charge in [-0.05, 0) is 19.9 Å². The van der Waals surface area contributed by atoms with Crippen LogP contribution in [0.4, 0.5) is 0 Å². The van der Waals surface area contributed by atoms with E-state index in [1.165, 1.54) is 4.68 Å². The average molecular weight is 403 g/mol. The van der Waals surface area contributed by atoms with E-state index in [-0.39, 0.29) is 17.9 Å². The van der Waals surface area contributed by atoms with Gasteiger partial charge in [-0.15, -0.1) is 0 Å². The number of aromatic nitrogens is 4. The smallest absolute Gasteiger partial charge is 0.274 e. The first-order chi connectivity index (χ1) is 14.4. The van der Waals surface area contributed by atoms with Gasteiger partial charge in [0.15, 0.2) is 0 Å². The number of amides is 1. The number of rotatable bonds is 5. The molecule has 0 radical (unpaired) electrons. The minimum absolute atomic E-state index is 0.0257. The molecule has 0 aliphatic rings. The van der Waals surface area contributed by atoms with Gasteiger partial charge in [0.1, 0.15) is 6.04 Å². The summed E-state index contributed by atoms with van der Waals surface area (Å²) in [6.07, 6.45) is 0.0257. The fourth-order valence-electron chi connectivity index (χ4n) is 3.24. The van der Waals surface area contributed by atoms with Crippen molar-refractivity contribution in [2.75, 3.05) is 0 Å². The number of aryl methyl sites for hydroxylation is 2. The summed E-state index contributed by atoms with van der Waals surface area (Å²) in [4.78, 5) is 29.3. The highest BCUT2D eigenvalue weighted by Gasteiger charge is 2.19. The van der Waals surface area contributed by atoms with Crippen molar-refractivity contribution in [3.05, 3.63) is 76.0 Å². The molecule has 152 valence electrons. The molecule has 1 amide bonds. The van der Waals surface area contributed by atoms with Crippen molar-refractivity contribution >= 4 is 16.7 Å². The topological polar surface area (TPSA) is 103 Å². The Balaban J connectivity index is 1.50. The monoisotopic (exact) mass is 403 g/mol. The molecule has 0 saturated carbocycles. The Morgan fingerprint density at radius 1 is 1.13 bits per heavy atom. The molecule has 4 aromatic rings. The van der Waals surface area contributed by atoms with Gasteiger partial charge in [0, 0.05) is 18.0 Å². The predicted molar refractivity (Wildman–Crippen MR) is 112 cm³/mol. The molecule has 0 fully saturated rings. The third-order valence-electron chi connectivity index (χ3n) is 4.86. The van der Waals surface area contributed by atoms with Crippen LogP contribution in [0.2, 0.25) is 0 Å². The molecule has 0 aliphatic carbocycles. The standard InChI is InChI=1S/C22H21N5O3/c1-13-8-10-15(11-9-13)20-24-21(30-26-20)14(2)23-19(28)12-18-16-6-4-5-7-17(16)22(29)27(3)25-18/h4-11,14H,12H2,1-3H3,(H,23,28)/t14-/m0/s1. The van der Waals surface area contributed by atoms with Crippen LogP contribution in [0, 0.1) is 6.92 Å². The molecule has 2 heterocycles. The maximum absolute atomic E-state index is 12.6. The molecule has 1 N–H and O–H groups in total. The van der Waals surface area contributed by atoms with Crippen LogP contribution < -0.4 is 10.9 Å². The van der Waals surface area contributed by atoms with Gasteiger partial charge < -0.3 is 9.84 Å². The first-order valence-electron chi connectivity index (χ1n) is 9.57. The van der Waals surface area contributed by atoms with Crippen LogP contribution in [0.5, 0.6) is 0 Å². The van der Waals surface area contributed by atoms with Crippen molar-refractivity contribution in [1.29, 1.82) is 0 Å². The number of hydrogen-bond donors (Lipinski definition) is 1. The lowest BCUT2D eigenvalue weighted by molar-refractivity contribution is -0.121. The lowest BCUT2D eigenvalue weighted by Gasteiger charge is -2.11. The summed E-state index contributed by atoms with van der Waals surface area (Å²) >= 11 is 0. The lowest BCUT2D eigenvalue weighted by atomic mass is 10.1. The first-order valence-corrected chi connectivity index (χ1v) is 9.57. The highest BCUT2D eigenvalue weighted by molar-refractivity contribution is 5.88. The van der Waals surface area contributed by atoms with Crippen molar-refractivity contribution in [1.82, 2.24) is 25.2 Å². The van der Waals surface area contributed by atoms with Gasteiger partial charge in [0.05, 0.1) is 17.5 Å². The number of fused-ring (bicyclic) bond motifs is 1. The van der Waals surface area contributed by atoms with Gasteiger partial charge >= 0.3 is 0 Å². The fourth-order valence-corrected chi connectivity index (χ4v) is 3.24. The SMILES string of the molecule is Cc1ccc(-c2noc([C@H](C)NC(=O)Cc3nn(C)c(=O)c4ccccc34)n2)cc1. The number of nitrogens with zero attached hydrogens (tertiary/aromatic N) is 4. The van der Waals surface area contributed by atoms with Gasteiger partial charge in [0.2, 0.25) is 17.6 Å². The van der Waals surface area contributed by atoms with Crippen LogP contribution in [-0.4, -0.2) is 25.8 Å².